The molecular weight excluding hydrogens is 305 g/mol. The molecule has 3 nitrogen and oxygen atoms in total. The molecule has 0 spiro atoms. The normalized spacial score (nSPS) is 16.3. The van der Waals surface area contributed by atoms with Crippen LogP contribution in [-0.2, 0) is 9.59 Å². The van der Waals surface area contributed by atoms with Crippen molar-refractivity contribution in [3.8, 4) is 0 Å². The van der Waals surface area contributed by atoms with Gasteiger partial charge >= 0.3 is 0 Å². The Morgan fingerprint density at radius 2 is 1.71 bits per heavy atom. The molecule has 1 aliphatic carbocycles. The first kappa shape index (κ1) is 18.0. The lowest BCUT2D eigenvalue weighted by Crippen LogP contribution is -2.20. The van der Waals surface area contributed by atoms with Gasteiger partial charge in [-0.3, -0.25) is 14.6 Å². The minimum absolute atomic E-state index is 0.0238. The van der Waals surface area contributed by atoms with E-state index in [9.17, 15) is 14.0 Å². The molecule has 0 aliphatic heterocycles. The molecule has 126 valence electrons. The predicted octanol–water partition coefficient (Wildman–Crippen LogP) is 4.89. The van der Waals surface area contributed by atoms with Crippen molar-refractivity contribution in [2.24, 2.45) is 4.99 Å². The molecule has 1 aromatic carbocycles. The molecule has 0 radical (unpaired) electrons. The number of hydrogen-bond acceptors (Lipinski definition) is 3. The number of halogens is 1. The average molecular weight is 327 g/mol. The molecule has 1 aromatic rings. The first-order chi connectivity index (χ1) is 11.3. The number of Topliss-reactive ketones (excluding diaryl/α,β-unsaturated/α-hetero) is 2. The van der Waals surface area contributed by atoms with Crippen molar-refractivity contribution >= 4 is 23.0 Å². The van der Waals surface area contributed by atoms with Crippen LogP contribution < -0.4 is 0 Å². The van der Waals surface area contributed by atoms with E-state index in [4.69, 9.17) is 0 Å². The minimum Gasteiger partial charge on any atom is -0.289 e. The van der Waals surface area contributed by atoms with Gasteiger partial charge in [-0.15, -0.1) is 0 Å². The van der Waals surface area contributed by atoms with Gasteiger partial charge in [-0.25, -0.2) is 4.39 Å². The summed E-state index contributed by atoms with van der Waals surface area (Å²) in [6, 6.07) is 6.14. The van der Waals surface area contributed by atoms with Gasteiger partial charge in [-0.1, -0.05) is 6.07 Å². The number of carbonyl (C=O) groups excluding carboxylic acids is 2. The third kappa shape index (κ3) is 3.94. The lowest BCUT2D eigenvalue weighted by molar-refractivity contribution is -0.116. The molecule has 0 fully saturated rings. The zero-order valence-electron chi connectivity index (χ0n) is 14.6. The number of aliphatic imine (C=N–C) groups is 1. The second kappa shape index (κ2) is 7.47. The summed E-state index contributed by atoms with van der Waals surface area (Å²) in [5.74, 6) is -0.370. The Morgan fingerprint density at radius 3 is 2.38 bits per heavy atom. The Hall–Kier alpha value is -2.36. The van der Waals surface area contributed by atoms with Crippen LogP contribution in [0.2, 0.25) is 0 Å². The van der Waals surface area contributed by atoms with Crippen LogP contribution in [0.15, 0.2) is 51.6 Å². The Labute approximate surface area is 142 Å². The van der Waals surface area contributed by atoms with Gasteiger partial charge in [-0.2, -0.15) is 0 Å². The van der Waals surface area contributed by atoms with Crippen LogP contribution in [0.25, 0.3) is 0 Å². The number of carbonyl (C=O) groups is 2. The molecule has 0 N–H and O–H groups in total. The van der Waals surface area contributed by atoms with E-state index in [1.807, 2.05) is 6.92 Å². The Bertz CT molecular complexity index is 785. The fourth-order valence-corrected chi connectivity index (χ4v) is 2.80. The first-order valence-corrected chi connectivity index (χ1v) is 8.07. The van der Waals surface area contributed by atoms with Gasteiger partial charge in [0, 0.05) is 28.0 Å². The minimum atomic E-state index is -0.311. The fourth-order valence-electron chi connectivity index (χ4n) is 2.80. The third-order valence-electron chi connectivity index (χ3n) is 4.40. The van der Waals surface area contributed by atoms with E-state index in [0.29, 0.717) is 40.8 Å². The van der Waals surface area contributed by atoms with Gasteiger partial charge in [0.05, 0.1) is 5.69 Å². The zero-order valence-corrected chi connectivity index (χ0v) is 14.6. The van der Waals surface area contributed by atoms with Crippen LogP contribution in [0.5, 0.6) is 0 Å². The molecule has 4 heteroatoms. The largest absolute Gasteiger partial charge is 0.289 e. The van der Waals surface area contributed by atoms with E-state index in [0.717, 1.165) is 12.1 Å². The van der Waals surface area contributed by atoms with E-state index >= 15 is 0 Å². The van der Waals surface area contributed by atoms with Gasteiger partial charge in [0.1, 0.15) is 5.82 Å². The summed E-state index contributed by atoms with van der Waals surface area (Å²) >= 11 is 0. The van der Waals surface area contributed by atoms with Gasteiger partial charge in [0.15, 0.2) is 11.6 Å². The van der Waals surface area contributed by atoms with Crippen molar-refractivity contribution < 1.29 is 14.0 Å². The van der Waals surface area contributed by atoms with E-state index in [2.05, 4.69) is 4.99 Å². The fraction of sp³-hybridized carbons (Fsp3) is 0.350. The van der Waals surface area contributed by atoms with E-state index in [-0.39, 0.29) is 17.4 Å². The molecule has 0 atom stereocenters. The van der Waals surface area contributed by atoms with Crippen LogP contribution in [0.1, 0.15) is 47.0 Å². The number of benzene rings is 1. The number of nitrogens with zero attached hydrogens (tertiary/aromatic N) is 1. The molecule has 0 saturated heterocycles. The lowest BCUT2D eigenvalue weighted by Gasteiger charge is -2.18. The van der Waals surface area contributed by atoms with E-state index in [1.54, 1.807) is 32.9 Å². The highest BCUT2D eigenvalue weighted by Gasteiger charge is 2.27. The van der Waals surface area contributed by atoms with Gasteiger partial charge in [0.25, 0.3) is 0 Å². The van der Waals surface area contributed by atoms with Crippen molar-refractivity contribution in [2.75, 3.05) is 0 Å². The zero-order chi connectivity index (χ0) is 17.9. The molecule has 0 aromatic heterocycles. The van der Waals surface area contributed by atoms with Crippen molar-refractivity contribution in [3.05, 3.63) is 52.4 Å². The molecule has 0 saturated carbocycles. The summed E-state index contributed by atoms with van der Waals surface area (Å²) in [6.45, 7) is 7.01. The maximum Gasteiger partial charge on any atom is 0.185 e. The average Bonchev–Trinajstić information content (AvgIpc) is 2.54. The smallest absolute Gasteiger partial charge is 0.185 e. The van der Waals surface area contributed by atoms with Crippen molar-refractivity contribution in [1.29, 1.82) is 0 Å². The molecule has 0 unspecified atom stereocenters. The number of ketones is 2. The second-order valence-electron chi connectivity index (χ2n) is 6.19. The number of rotatable bonds is 5. The summed E-state index contributed by atoms with van der Waals surface area (Å²) in [7, 11) is 0. The van der Waals surface area contributed by atoms with Gasteiger partial charge < -0.3 is 0 Å². The second-order valence-corrected chi connectivity index (χ2v) is 6.19. The number of allylic oxidation sites excluding steroid dienone is 4. The Morgan fingerprint density at radius 1 is 1.04 bits per heavy atom. The topological polar surface area (TPSA) is 46.5 Å². The third-order valence-corrected chi connectivity index (χ3v) is 4.40. The lowest BCUT2D eigenvalue weighted by atomic mass is 9.84. The van der Waals surface area contributed by atoms with Crippen LogP contribution in [0.4, 0.5) is 10.1 Å². The SMILES string of the molecule is CC(CCCC1=C(C)C(=O)C(C)=C(C)C1=O)=Nc1cccc(F)c1. The van der Waals surface area contributed by atoms with Crippen LogP contribution >= 0.6 is 0 Å². The maximum absolute atomic E-state index is 13.2. The molecule has 0 bridgehead atoms. The molecule has 24 heavy (non-hydrogen) atoms. The highest BCUT2D eigenvalue weighted by Crippen LogP contribution is 2.27. The van der Waals surface area contributed by atoms with Crippen molar-refractivity contribution in [1.82, 2.24) is 0 Å². The first-order valence-electron chi connectivity index (χ1n) is 8.07. The van der Waals surface area contributed by atoms with Gasteiger partial charge in [-0.05, 0) is 65.2 Å². The molecule has 0 amide bonds. The summed E-state index contributed by atoms with van der Waals surface area (Å²) < 4.78 is 13.2. The number of hydrogen-bond donors (Lipinski definition) is 0. The highest BCUT2D eigenvalue weighted by molar-refractivity contribution is 6.24. The van der Waals surface area contributed by atoms with Gasteiger partial charge in [0.2, 0.25) is 0 Å². The molecule has 0 heterocycles. The van der Waals surface area contributed by atoms with Crippen LogP contribution in [0.3, 0.4) is 0 Å². The van der Waals surface area contributed by atoms with Crippen LogP contribution in [-0.4, -0.2) is 17.3 Å². The Balaban J connectivity index is 2.01. The predicted molar refractivity (Wildman–Crippen MR) is 94.1 cm³/mol. The molecule has 2 rings (SSSR count). The summed E-state index contributed by atoms with van der Waals surface area (Å²) in [5, 5.41) is 0. The van der Waals surface area contributed by atoms with E-state index < -0.39 is 0 Å². The summed E-state index contributed by atoms with van der Waals surface area (Å²) in [6.07, 6.45) is 1.97. The maximum atomic E-state index is 13.2. The Kier molecular flexibility index (Phi) is 5.60. The quantitative estimate of drug-likeness (QED) is 0.571. The van der Waals surface area contributed by atoms with Crippen LogP contribution in [0, 0.1) is 5.82 Å². The van der Waals surface area contributed by atoms with Crippen molar-refractivity contribution in [2.45, 2.75) is 47.0 Å². The monoisotopic (exact) mass is 327 g/mol. The van der Waals surface area contributed by atoms with E-state index in [1.165, 1.54) is 12.1 Å². The summed E-state index contributed by atoms with van der Waals surface area (Å²) in [4.78, 5) is 28.9. The molecular formula is C20H22FNO2. The molecule has 1 aliphatic rings. The summed E-state index contributed by atoms with van der Waals surface area (Å²) in [5.41, 5.74) is 3.72. The standard InChI is InChI=1S/C20H22FNO2/c1-12(22-17-9-6-8-16(21)11-17)7-5-10-18-15(4)19(23)13(2)14(3)20(18)24/h6,8-9,11H,5,7,10H2,1-4H3. The highest BCUT2D eigenvalue weighted by atomic mass is 19.1. The van der Waals surface area contributed by atoms with Crippen molar-refractivity contribution in [3.63, 3.8) is 0 Å².